The lowest BCUT2D eigenvalue weighted by molar-refractivity contribution is 0.179. The van der Waals surface area contributed by atoms with Gasteiger partial charge in [0, 0.05) is 26.6 Å². The number of hydrogen-bond donors (Lipinski definition) is 0. The summed E-state index contributed by atoms with van der Waals surface area (Å²) in [6, 6.07) is 1.94. The smallest absolute Gasteiger partial charge is 0.254 e. The standard InChI is InChI=1S/C10H15N3O3S2/c1-9-12-8-10(17-9)18(14,15)13(5-3-4-11)6-7-16-2/h8H,3,5-7H2,1-2H3. The van der Waals surface area contributed by atoms with Crippen LogP contribution in [0.3, 0.4) is 0 Å². The lowest BCUT2D eigenvalue weighted by Gasteiger charge is -2.19. The van der Waals surface area contributed by atoms with E-state index >= 15 is 0 Å². The van der Waals surface area contributed by atoms with Crippen LogP contribution in [0, 0.1) is 18.3 Å². The summed E-state index contributed by atoms with van der Waals surface area (Å²) in [5, 5.41) is 9.26. The number of aryl methyl sites for hydroxylation is 1. The summed E-state index contributed by atoms with van der Waals surface area (Å²) in [4.78, 5) is 3.94. The monoisotopic (exact) mass is 289 g/mol. The minimum Gasteiger partial charge on any atom is -0.383 e. The van der Waals surface area contributed by atoms with E-state index in [1.165, 1.54) is 17.6 Å². The first kappa shape index (κ1) is 15.0. The number of sulfonamides is 1. The third-order valence-corrected chi connectivity index (χ3v) is 5.46. The number of nitrogens with zero attached hydrogens (tertiary/aromatic N) is 3. The minimum atomic E-state index is -3.57. The molecule has 0 bridgehead atoms. The topological polar surface area (TPSA) is 83.3 Å². The molecular formula is C10H15N3O3S2. The highest BCUT2D eigenvalue weighted by Crippen LogP contribution is 2.22. The zero-order valence-electron chi connectivity index (χ0n) is 10.3. The molecule has 1 rings (SSSR count). The Kier molecular flexibility index (Phi) is 5.68. The maximum atomic E-state index is 12.3. The van der Waals surface area contributed by atoms with Crippen LogP contribution in [0.4, 0.5) is 0 Å². The molecule has 0 aliphatic rings. The van der Waals surface area contributed by atoms with Gasteiger partial charge in [-0.05, 0) is 6.92 Å². The zero-order chi connectivity index (χ0) is 13.6. The van der Waals surface area contributed by atoms with Crippen molar-refractivity contribution in [3.8, 4) is 6.07 Å². The zero-order valence-corrected chi connectivity index (χ0v) is 11.9. The van der Waals surface area contributed by atoms with Crippen LogP contribution in [0.5, 0.6) is 0 Å². The van der Waals surface area contributed by atoms with Gasteiger partial charge >= 0.3 is 0 Å². The number of ether oxygens (including phenoxy) is 1. The van der Waals surface area contributed by atoms with Gasteiger partial charge in [-0.3, -0.25) is 0 Å². The van der Waals surface area contributed by atoms with Gasteiger partial charge in [-0.2, -0.15) is 9.57 Å². The van der Waals surface area contributed by atoms with E-state index in [0.717, 1.165) is 11.3 Å². The number of hydrogen-bond acceptors (Lipinski definition) is 6. The van der Waals surface area contributed by atoms with Crippen molar-refractivity contribution in [3.05, 3.63) is 11.2 Å². The molecule has 1 aromatic heterocycles. The number of thiazole rings is 1. The molecule has 0 aromatic carbocycles. The maximum Gasteiger partial charge on any atom is 0.254 e. The molecule has 0 aliphatic heterocycles. The van der Waals surface area contributed by atoms with Gasteiger partial charge in [0.25, 0.3) is 10.0 Å². The molecule has 1 aromatic rings. The molecule has 1 heterocycles. The SMILES string of the molecule is COCCN(CCC#N)S(=O)(=O)c1cnc(C)s1. The number of aromatic nitrogens is 1. The molecule has 0 radical (unpaired) electrons. The van der Waals surface area contributed by atoms with Crippen LogP contribution in [-0.4, -0.2) is 44.5 Å². The molecule has 0 atom stereocenters. The fourth-order valence-corrected chi connectivity index (χ4v) is 4.00. The summed E-state index contributed by atoms with van der Waals surface area (Å²) < 4.78 is 30.9. The predicted octanol–water partition coefficient (Wildman–Crippen LogP) is 1.00. The van der Waals surface area contributed by atoms with Crippen molar-refractivity contribution >= 4 is 21.4 Å². The Morgan fingerprint density at radius 2 is 2.28 bits per heavy atom. The second kappa shape index (κ2) is 6.80. The van der Waals surface area contributed by atoms with Crippen LogP contribution in [0.15, 0.2) is 10.4 Å². The maximum absolute atomic E-state index is 12.3. The van der Waals surface area contributed by atoms with Gasteiger partial charge in [-0.25, -0.2) is 13.4 Å². The highest BCUT2D eigenvalue weighted by atomic mass is 32.2. The van der Waals surface area contributed by atoms with E-state index in [9.17, 15) is 8.42 Å². The van der Waals surface area contributed by atoms with Gasteiger partial charge < -0.3 is 4.74 Å². The number of rotatable bonds is 7. The second-order valence-corrected chi connectivity index (χ2v) is 6.90. The third-order valence-electron chi connectivity index (χ3n) is 2.21. The number of methoxy groups -OCH3 is 1. The summed E-state index contributed by atoms with van der Waals surface area (Å²) in [7, 11) is -2.06. The molecule has 0 aliphatic carbocycles. The first-order valence-electron chi connectivity index (χ1n) is 5.31. The Morgan fingerprint density at radius 1 is 1.56 bits per heavy atom. The Labute approximate surface area is 111 Å². The van der Waals surface area contributed by atoms with Crippen molar-refractivity contribution in [2.75, 3.05) is 26.8 Å². The van der Waals surface area contributed by atoms with Gasteiger partial charge in [0.1, 0.15) is 0 Å². The highest BCUT2D eigenvalue weighted by molar-refractivity contribution is 7.91. The molecule has 0 saturated carbocycles. The van der Waals surface area contributed by atoms with E-state index in [-0.39, 0.29) is 23.7 Å². The molecule has 0 fully saturated rings. The van der Waals surface area contributed by atoms with Gasteiger partial charge in [0.15, 0.2) is 4.21 Å². The van der Waals surface area contributed by atoms with Crippen LogP contribution in [0.2, 0.25) is 0 Å². The molecule has 0 amide bonds. The molecule has 0 unspecified atom stereocenters. The average Bonchev–Trinajstić information content (AvgIpc) is 2.76. The van der Waals surface area contributed by atoms with Gasteiger partial charge in [-0.1, -0.05) is 0 Å². The van der Waals surface area contributed by atoms with Gasteiger partial charge in [0.2, 0.25) is 0 Å². The van der Waals surface area contributed by atoms with E-state index in [4.69, 9.17) is 10.00 Å². The molecule has 8 heteroatoms. The van der Waals surface area contributed by atoms with E-state index in [2.05, 4.69) is 4.98 Å². The Morgan fingerprint density at radius 3 is 2.78 bits per heavy atom. The number of nitriles is 1. The molecule has 6 nitrogen and oxygen atoms in total. The Hall–Kier alpha value is -1.01. The Balaban J connectivity index is 2.92. The largest absolute Gasteiger partial charge is 0.383 e. The molecule has 100 valence electrons. The van der Waals surface area contributed by atoms with Crippen LogP contribution in [0.25, 0.3) is 0 Å². The Bertz CT molecular complexity index is 519. The lowest BCUT2D eigenvalue weighted by atomic mass is 10.4. The minimum absolute atomic E-state index is 0.154. The highest BCUT2D eigenvalue weighted by Gasteiger charge is 2.25. The average molecular weight is 289 g/mol. The van der Waals surface area contributed by atoms with E-state index < -0.39 is 10.0 Å². The summed E-state index contributed by atoms with van der Waals surface area (Å²) in [5.74, 6) is 0. The van der Waals surface area contributed by atoms with E-state index in [1.54, 1.807) is 6.92 Å². The quantitative estimate of drug-likeness (QED) is 0.748. The lowest BCUT2D eigenvalue weighted by Crippen LogP contribution is -2.34. The normalized spacial score (nSPS) is 11.7. The van der Waals surface area contributed by atoms with E-state index in [1.807, 2.05) is 6.07 Å². The van der Waals surface area contributed by atoms with Crippen molar-refractivity contribution in [2.45, 2.75) is 17.6 Å². The van der Waals surface area contributed by atoms with Crippen LogP contribution in [-0.2, 0) is 14.8 Å². The van der Waals surface area contributed by atoms with Crippen molar-refractivity contribution in [2.24, 2.45) is 0 Å². The molecule has 0 saturated heterocycles. The summed E-state index contributed by atoms with van der Waals surface area (Å²) in [5.41, 5.74) is 0. The summed E-state index contributed by atoms with van der Waals surface area (Å²) >= 11 is 1.13. The molecule has 0 N–H and O–H groups in total. The van der Waals surface area contributed by atoms with Crippen molar-refractivity contribution in [1.29, 1.82) is 5.26 Å². The van der Waals surface area contributed by atoms with Crippen molar-refractivity contribution in [1.82, 2.24) is 9.29 Å². The first-order chi connectivity index (χ1) is 8.52. The molecule has 0 spiro atoms. The first-order valence-corrected chi connectivity index (χ1v) is 7.56. The van der Waals surface area contributed by atoms with Crippen LogP contribution < -0.4 is 0 Å². The molecule has 18 heavy (non-hydrogen) atoms. The van der Waals surface area contributed by atoms with E-state index in [0.29, 0.717) is 11.6 Å². The summed E-state index contributed by atoms with van der Waals surface area (Å²) in [6.07, 6.45) is 1.50. The summed E-state index contributed by atoms with van der Waals surface area (Å²) in [6.45, 7) is 2.44. The van der Waals surface area contributed by atoms with Crippen molar-refractivity contribution < 1.29 is 13.2 Å². The fraction of sp³-hybridized carbons (Fsp3) is 0.600. The van der Waals surface area contributed by atoms with Gasteiger partial charge in [0.05, 0.1) is 23.9 Å². The molecular weight excluding hydrogens is 274 g/mol. The van der Waals surface area contributed by atoms with Crippen LogP contribution >= 0.6 is 11.3 Å². The van der Waals surface area contributed by atoms with Crippen LogP contribution in [0.1, 0.15) is 11.4 Å². The second-order valence-electron chi connectivity index (χ2n) is 3.50. The van der Waals surface area contributed by atoms with Crippen molar-refractivity contribution in [3.63, 3.8) is 0 Å². The fourth-order valence-electron chi connectivity index (χ4n) is 1.31. The third kappa shape index (κ3) is 3.74. The van der Waals surface area contributed by atoms with Gasteiger partial charge in [-0.15, -0.1) is 11.3 Å². The predicted molar refractivity (Wildman–Crippen MR) is 67.7 cm³/mol.